The van der Waals surface area contributed by atoms with Crippen molar-refractivity contribution >= 4 is 0 Å². The minimum atomic E-state index is 0.446. The van der Waals surface area contributed by atoms with E-state index in [-0.39, 0.29) is 0 Å². The van der Waals surface area contributed by atoms with E-state index >= 15 is 0 Å². The van der Waals surface area contributed by atoms with Crippen LogP contribution in [0.4, 0.5) is 0 Å². The van der Waals surface area contributed by atoms with Crippen LogP contribution in [0.15, 0.2) is 30.3 Å². The fraction of sp³-hybridized carbons (Fsp3) is 0.538. The van der Waals surface area contributed by atoms with E-state index in [2.05, 4.69) is 75.2 Å². The normalized spacial score (nSPS) is 15.7. The molecule has 15 heavy (non-hydrogen) atoms. The molecule has 0 radical (unpaired) electrons. The van der Waals surface area contributed by atoms with E-state index in [0.29, 0.717) is 12.1 Å². The van der Waals surface area contributed by atoms with Crippen molar-refractivity contribution in [1.82, 2.24) is 9.80 Å². The molecule has 0 aliphatic heterocycles. The summed E-state index contributed by atoms with van der Waals surface area (Å²) in [5.41, 5.74) is 1.38. The first-order valence-corrected chi connectivity index (χ1v) is 5.42. The Labute approximate surface area is 93.5 Å². The topological polar surface area (TPSA) is 6.48 Å². The molecule has 0 amide bonds. The molecule has 1 rings (SSSR count). The first kappa shape index (κ1) is 12.2. The number of rotatable bonds is 4. The van der Waals surface area contributed by atoms with E-state index in [0.717, 1.165) is 0 Å². The lowest BCUT2D eigenvalue weighted by atomic mass is 9.99. The van der Waals surface area contributed by atoms with Gasteiger partial charge in [0.05, 0.1) is 0 Å². The molecule has 1 aromatic carbocycles. The van der Waals surface area contributed by atoms with Gasteiger partial charge in [0, 0.05) is 12.1 Å². The van der Waals surface area contributed by atoms with Gasteiger partial charge < -0.3 is 9.80 Å². The summed E-state index contributed by atoms with van der Waals surface area (Å²) in [6.07, 6.45) is 0. The molecular formula is C13H22N2. The van der Waals surface area contributed by atoms with Crippen molar-refractivity contribution in [3.63, 3.8) is 0 Å². The highest BCUT2D eigenvalue weighted by atomic mass is 15.2. The second kappa shape index (κ2) is 5.29. The summed E-state index contributed by atoms with van der Waals surface area (Å²) in [5, 5.41) is 0. The Hall–Kier alpha value is -0.860. The summed E-state index contributed by atoms with van der Waals surface area (Å²) in [6, 6.07) is 11.6. The second-order valence-corrected chi connectivity index (χ2v) is 4.52. The molecule has 0 unspecified atom stereocenters. The van der Waals surface area contributed by atoms with E-state index in [1.165, 1.54) is 5.56 Å². The molecule has 0 heterocycles. The number of benzene rings is 1. The highest BCUT2D eigenvalue weighted by molar-refractivity contribution is 5.20. The summed E-state index contributed by atoms with van der Waals surface area (Å²) in [4.78, 5) is 4.54. The highest BCUT2D eigenvalue weighted by Gasteiger charge is 2.22. The van der Waals surface area contributed by atoms with Crippen LogP contribution in [0.2, 0.25) is 0 Å². The summed E-state index contributed by atoms with van der Waals surface area (Å²) in [7, 11) is 8.53. The summed E-state index contributed by atoms with van der Waals surface area (Å²) in [6.45, 7) is 2.26. The number of likely N-dealkylation sites (N-methyl/N-ethyl adjacent to an activating group) is 2. The molecule has 2 heteroatoms. The molecule has 0 N–H and O–H groups in total. The van der Waals surface area contributed by atoms with Gasteiger partial charge in [-0.3, -0.25) is 0 Å². The molecule has 0 aliphatic rings. The van der Waals surface area contributed by atoms with E-state index in [9.17, 15) is 0 Å². The van der Waals surface area contributed by atoms with Gasteiger partial charge in [-0.25, -0.2) is 0 Å². The summed E-state index contributed by atoms with van der Waals surface area (Å²) in [5.74, 6) is 0. The predicted octanol–water partition coefficient (Wildman–Crippen LogP) is 2.24. The molecule has 0 saturated carbocycles. The molecule has 0 saturated heterocycles. The van der Waals surface area contributed by atoms with Crippen LogP contribution in [0.3, 0.4) is 0 Å². The molecule has 0 spiro atoms. The van der Waals surface area contributed by atoms with Crippen LogP contribution in [-0.4, -0.2) is 44.0 Å². The van der Waals surface area contributed by atoms with Crippen molar-refractivity contribution < 1.29 is 0 Å². The first-order chi connectivity index (χ1) is 7.04. The second-order valence-electron chi connectivity index (χ2n) is 4.52. The molecule has 1 aromatic rings. The Kier molecular flexibility index (Phi) is 4.30. The number of nitrogens with zero attached hydrogens (tertiary/aromatic N) is 2. The number of hydrogen-bond donors (Lipinski definition) is 0. The minimum Gasteiger partial charge on any atom is -0.305 e. The largest absolute Gasteiger partial charge is 0.305 e. The van der Waals surface area contributed by atoms with Crippen LogP contribution < -0.4 is 0 Å². The molecule has 0 aliphatic carbocycles. The maximum absolute atomic E-state index is 2.28. The first-order valence-electron chi connectivity index (χ1n) is 5.42. The molecule has 84 valence electrons. The average Bonchev–Trinajstić information content (AvgIpc) is 2.18. The Morgan fingerprint density at radius 1 is 0.867 bits per heavy atom. The van der Waals surface area contributed by atoms with Crippen LogP contribution in [0.5, 0.6) is 0 Å². The van der Waals surface area contributed by atoms with Gasteiger partial charge in [0.2, 0.25) is 0 Å². The van der Waals surface area contributed by atoms with Crippen LogP contribution in [0, 0.1) is 0 Å². The van der Waals surface area contributed by atoms with Gasteiger partial charge in [0.1, 0.15) is 0 Å². The maximum atomic E-state index is 2.28. The standard InChI is InChI=1S/C13H22N2/c1-11(14(2)3)13(15(4)5)12-9-7-6-8-10-12/h6-11,13H,1-5H3/t11-,13+/m0/s1. The minimum absolute atomic E-state index is 0.446. The lowest BCUT2D eigenvalue weighted by molar-refractivity contribution is 0.164. The summed E-state index contributed by atoms with van der Waals surface area (Å²) < 4.78 is 0. The van der Waals surface area contributed by atoms with Gasteiger partial charge in [0.25, 0.3) is 0 Å². The highest BCUT2D eigenvalue weighted by Crippen LogP contribution is 2.23. The lowest BCUT2D eigenvalue weighted by Crippen LogP contribution is -2.38. The maximum Gasteiger partial charge on any atom is 0.0495 e. The van der Waals surface area contributed by atoms with Crippen molar-refractivity contribution in [3.05, 3.63) is 35.9 Å². The number of hydrogen-bond acceptors (Lipinski definition) is 2. The Morgan fingerprint density at radius 3 is 1.80 bits per heavy atom. The SMILES string of the molecule is C[C@@H]([C@H](c1ccccc1)N(C)C)N(C)C. The van der Waals surface area contributed by atoms with E-state index in [1.807, 2.05) is 0 Å². The fourth-order valence-electron chi connectivity index (χ4n) is 1.94. The monoisotopic (exact) mass is 206 g/mol. The van der Waals surface area contributed by atoms with Crippen LogP contribution in [-0.2, 0) is 0 Å². The van der Waals surface area contributed by atoms with Gasteiger partial charge >= 0.3 is 0 Å². The van der Waals surface area contributed by atoms with Crippen LogP contribution in [0.1, 0.15) is 18.5 Å². The molecule has 0 aromatic heterocycles. The van der Waals surface area contributed by atoms with Crippen LogP contribution >= 0.6 is 0 Å². The van der Waals surface area contributed by atoms with Gasteiger partial charge in [-0.2, -0.15) is 0 Å². The quantitative estimate of drug-likeness (QED) is 0.745. The molecule has 0 fully saturated rings. The van der Waals surface area contributed by atoms with E-state index < -0.39 is 0 Å². The van der Waals surface area contributed by atoms with Crippen LogP contribution in [0.25, 0.3) is 0 Å². The van der Waals surface area contributed by atoms with Crippen molar-refractivity contribution in [2.24, 2.45) is 0 Å². The van der Waals surface area contributed by atoms with Gasteiger partial charge in [-0.15, -0.1) is 0 Å². The smallest absolute Gasteiger partial charge is 0.0495 e. The Bertz CT molecular complexity index is 280. The van der Waals surface area contributed by atoms with Gasteiger partial charge in [-0.05, 0) is 40.7 Å². The van der Waals surface area contributed by atoms with Gasteiger partial charge in [-0.1, -0.05) is 30.3 Å². The zero-order chi connectivity index (χ0) is 11.4. The van der Waals surface area contributed by atoms with Crippen molar-refractivity contribution in [3.8, 4) is 0 Å². The predicted molar refractivity (Wildman–Crippen MR) is 66.0 cm³/mol. The lowest BCUT2D eigenvalue weighted by Gasteiger charge is -2.34. The van der Waals surface area contributed by atoms with Crippen molar-refractivity contribution in [2.75, 3.05) is 28.2 Å². The Balaban J connectivity index is 2.93. The molecule has 2 nitrogen and oxygen atoms in total. The molecule has 2 atom stereocenters. The zero-order valence-electron chi connectivity index (χ0n) is 10.4. The average molecular weight is 206 g/mol. The van der Waals surface area contributed by atoms with Gasteiger partial charge in [0.15, 0.2) is 0 Å². The van der Waals surface area contributed by atoms with E-state index in [1.54, 1.807) is 0 Å². The third-order valence-electron chi connectivity index (χ3n) is 2.97. The molecular weight excluding hydrogens is 184 g/mol. The van der Waals surface area contributed by atoms with Crippen molar-refractivity contribution in [2.45, 2.75) is 19.0 Å². The zero-order valence-corrected chi connectivity index (χ0v) is 10.4. The third-order valence-corrected chi connectivity index (χ3v) is 2.97. The Morgan fingerprint density at radius 2 is 1.40 bits per heavy atom. The fourth-order valence-corrected chi connectivity index (χ4v) is 1.94. The molecule has 0 bridgehead atoms. The summed E-state index contributed by atoms with van der Waals surface area (Å²) >= 11 is 0. The third kappa shape index (κ3) is 3.05. The van der Waals surface area contributed by atoms with Crippen molar-refractivity contribution in [1.29, 1.82) is 0 Å². The van der Waals surface area contributed by atoms with E-state index in [4.69, 9.17) is 0 Å².